The van der Waals surface area contributed by atoms with E-state index < -0.39 is 11.9 Å². The lowest BCUT2D eigenvalue weighted by Gasteiger charge is -2.15. The number of benzene rings is 1. The van der Waals surface area contributed by atoms with Crippen molar-refractivity contribution in [1.29, 1.82) is 0 Å². The van der Waals surface area contributed by atoms with Crippen molar-refractivity contribution < 1.29 is 18.7 Å². The van der Waals surface area contributed by atoms with Crippen LogP contribution in [0.25, 0.3) is 0 Å². The Kier molecular flexibility index (Phi) is 4.27. The van der Waals surface area contributed by atoms with Crippen molar-refractivity contribution in [3.8, 4) is 5.75 Å². The maximum Gasteiger partial charge on any atom is 0.246 e. The van der Waals surface area contributed by atoms with Crippen LogP contribution in [0.1, 0.15) is 38.5 Å². The summed E-state index contributed by atoms with van der Waals surface area (Å²) in [7, 11) is 0. The molecular weight excluding hydrogens is 287 g/mol. The minimum absolute atomic E-state index is 0.0867. The Bertz CT molecular complexity index is 585. The zero-order valence-electron chi connectivity index (χ0n) is 12.2. The summed E-state index contributed by atoms with van der Waals surface area (Å²) in [6.07, 6.45) is 5.06. The SMILES string of the molecule is O=C1CCC(C(=O)Nc2ccc(OC3CCCC3)c(F)c2)N1. The van der Waals surface area contributed by atoms with Crippen molar-refractivity contribution in [3.05, 3.63) is 24.0 Å². The number of hydrogen-bond acceptors (Lipinski definition) is 3. The number of halogens is 1. The van der Waals surface area contributed by atoms with Gasteiger partial charge in [0, 0.05) is 18.2 Å². The van der Waals surface area contributed by atoms with Crippen molar-refractivity contribution in [2.24, 2.45) is 0 Å². The Morgan fingerprint density at radius 2 is 2.05 bits per heavy atom. The van der Waals surface area contributed by atoms with Gasteiger partial charge in [-0.25, -0.2) is 4.39 Å². The van der Waals surface area contributed by atoms with Gasteiger partial charge in [0.05, 0.1) is 6.10 Å². The average Bonchev–Trinajstić information content (AvgIpc) is 3.13. The van der Waals surface area contributed by atoms with Crippen LogP contribution in [0.15, 0.2) is 18.2 Å². The summed E-state index contributed by atoms with van der Waals surface area (Å²) in [6.45, 7) is 0. The summed E-state index contributed by atoms with van der Waals surface area (Å²) in [4.78, 5) is 23.1. The van der Waals surface area contributed by atoms with Gasteiger partial charge in [0.1, 0.15) is 6.04 Å². The molecule has 118 valence electrons. The van der Waals surface area contributed by atoms with Crippen LogP contribution in [0.3, 0.4) is 0 Å². The Morgan fingerprint density at radius 1 is 1.27 bits per heavy atom. The van der Waals surface area contributed by atoms with Gasteiger partial charge in [-0.3, -0.25) is 9.59 Å². The van der Waals surface area contributed by atoms with Crippen LogP contribution >= 0.6 is 0 Å². The molecular formula is C16H19FN2O3. The van der Waals surface area contributed by atoms with Crippen LogP contribution in [-0.2, 0) is 9.59 Å². The monoisotopic (exact) mass is 306 g/mol. The van der Waals surface area contributed by atoms with Crippen LogP contribution < -0.4 is 15.4 Å². The Balaban J connectivity index is 1.61. The first kappa shape index (κ1) is 14.8. The topological polar surface area (TPSA) is 67.4 Å². The van der Waals surface area contributed by atoms with Crippen LogP contribution in [0.5, 0.6) is 5.75 Å². The molecule has 1 aromatic carbocycles. The number of rotatable bonds is 4. The van der Waals surface area contributed by atoms with Crippen molar-refractivity contribution in [1.82, 2.24) is 5.32 Å². The minimum Gasteiger partial charge on any atom is -0.487 e. The van der Waals surface area contributed by atoms with Crippen LogP contribution in [0.2, 0.25) is 0 Å². The van der Waals surface area contributed by atoms with Crippen molar-refractivity contribution in [2.75, 3.05) is 5.32 Å². The summed E-state index contributed by atoms with van der Waals surface area (Å²) >= 11 is 0. The second-order valence-corrected chi connectivity index (χ2v) is 5.82. The third-order valence-corrected chi connectivity index (χ3v) is 4.11. The average molecular weight is 306 g/mol. The van der Waals surface area contributed by atoms with Crippen LogP contribution in [0.4, 0.5) is 10.1 Å². The van der Waals surface area contributed by atoms with E-state index in [1.54, 1.807) is 6.07 Å². The normalized spacial score (nSPS) is 21.7. The molecule has 5 nitrogen and oxygen atoms in total. The molecule has 0 bridgehead atoms. The van der Waals surface area contributed by atoms with Gasteiger partial charge in [0.15, 0.2) is 11.6 Å². The summed E-state index contributed by atoms with van der Waals surface area (Å²) in [5.41, 5.74) is 0.363. The number of anilines is 1. The standard InChI is InChI=1S/C16H19FN2O3/c17-12-9-10(18-16(21)13-6-8-15(20)19-13)5-7-14(12)22-11-3-1-2-4-11/h5,7,9,11,13H,1-4,6,8H2,(H,18,21)(H,19,20). The molecule has 2 aliphatic rings. The summed E-state index contributed by atoms with van der Waals surface area (Å²) in [6, 6.07) is 3.86. The highest BCUT2D eigenvalue weighted by atomic mass is 19.1. The van der Waals surface area contributed by atoms with Gasteiger partial charge in [-0.05, 0) is 44.2 Å². The zero-order chi connectivity index (χ0) is 15.5. The number of nitrogens with one attached hydrogen (secondary N) is 2. The van der Waals surface area contributed by atoms with Gasteiger partial charge < -0.3 is 15.4 Å². The lowest BCUT2D eigenvalue weighted by atomic mass is 10.2. The first-order chi connectivity index (χ1) is 10.6. The number of amides is 2. The molecule has 22 heavy (non-hydrogen) atoms. The Labute approximate surface area is 128 Å². The first-order valence-corrected chi connectivity index (χ1v) is 7.68. The summed E-state index contributed by atoms with van der Waals surface area (Å²) in [5.74, 6) is -0.722. The number of hydrogen-bond donors (Lipinski definition) is 2. The molecule has 0 spiro atoms. The fraction of sp³-hybridized carbons (Fsp3) is 0.500. The largest absolute Gasteiger partial charge is 0.487 e. The van der Waals surface area contributed by atoms with Crippen molar-refractivity contribution >= 4 is 17.5 Å². The fourth-order valence-electron chi connectivity index (χ4n) is 2.90. The van der Waals surface area contributed by atoms with Crippen molar-refractivity contribution in [2.45, 2.75) is 50.7 Å². The van der Waals surface area contributed by atoms with Gasteiger partial charge in [-0.15, -0.1) is 0 Å². The van der Waals surface area contributed by atoms with E-state index >= 15 is 0 Å². The van der Waals surface area contributed by atoms with E-state index in [1.165, 1.54) is 12.1 Å². The molecule has 1 aromatic rings. The number of ether oxygens (including phenoxy) is 1. The molecule has 1 aliphatic carbocycles. The molecule has 2 amide bonds. The molecule has 1 unspecified atom stereocenters. The van der Waals surface area contributed by atoms with Crippen molar-refractivity contribution in [3.63, 3.8) is 0 Å². The molecule has 2 N–H and O–H groups in total. The van der Waals surface area contributed by atoms with E-state index in [0.717, 1.165) is 25.7 Å². The molecule has 1 aliphatic heterocycles. The second-order valence-electron chi connectivity index (χ2n) is 5.82. The molecule has 2 fully saturated rings. The molecule has 3 rings (SSSR count). The molecule has 1 saturated carbocycles. The van der Waals surface area contributed by atoms with Gasteiger partial charge in [-0.2, -0.15) is 0 Å². The predicted octanol–water partition coefficient (Wildman–Crippen LogP) is 2.36. The second kappa shape index (κ2) is 6.34. The maximum absolute atomic E-state index is 14.0. The van der Waals surface area contributed by atoms with Gasteiger partial charge in [0.2, 0.25) is 11.8 Å². The van der Waals surface area contributed by atoms with E-state index in [0.29, 0.717) is 18.5 Å². The van der Waals surface area contributed by atoms with Gasteiger partial charge in [0.25, 0.3) is 0 Å². The molecule has 1 saturated heterocycles. The Morgan fingerprint density at radius 3 is 2.68 bits per heavy atom. The highest BCUT2D eigenvalue weighted by Gasteiger charge is 2.27. The van der Waals surface area contributed by atoms with E-state index in [1.807, 2.05) is 0 Å². The van der Waals surface area contributed by atoms with E-state index in [-0.39, 0.29) is 23.7 Å². The Hall–Kier alpha value is -2.11. The molecule has 0 aromatic heterocycles. The lowest BCUT2D eigenvalue weighted by molar-refractivity contribution is -0.122. The summed E-state index contributed by atoms with van der Waals surface area (Å²) < 4.78 is 19.7. The highest BCUT2D eigenvalue weighted by Crippen LogP contribution is 2.27. The third-order valence-electron chi connectivity index (χ3n) is 4.11. The summed E-state index contributed by atoms with van der Waals surface area (Å²) in [5, 5.41) is 5.20. The van der Waals surface area contributed by atoms with E-state index in [4.69, 9.17) is 4.74 Å². The number of carbonyl (C=O) groups is 2. The lowest BCUT2D eigenvalue weighted by Crippen LogP contribution is -2.37. The smallest absolute Gasteiger partial charge is 0.246 e. The molecule has 1 heterocycles. The van der Waals surface area contributed by atoms with E-state index in [2.05, 4.69) is 10.6 Å². The fourth-order valence-corrected chi connectivity index (χ4v) is 2.90. The van der Waals surface area contributed by atoms with Gasteiger partial charge in [-0.1, -0.05) is 0 Å². The number of carbonyl (C=O) groups excluding carboxylic acids is 2. The molecule has 1 atom stereocenters. The first-order valence-electron chi connectivity index (χ1n) is 7.68. The van der Waals surface area contributed by atoms with Crippen LogP contribution in [0, 0.1) is 5.82 Å². The highest BCUT2D eigenvalue weighted by molar-refractivity contribution is 5.98. The predicted molar refractivity (Wildman–Crippen MR) is 79.1 cm³/mol. The quantitative estimate of drug-likeness (QED) is 0.897. The maximum atomic E-state index is 14.0. The third kappa shape index (κ3) is 3.37. The minimum atomic E-state index is -0.537. The molecule has 0 radical (unpaired) electrons. The molecule has 6 heteroatoms. The van der Waals surface area contributed by atoms with Crippen LogP contribution in [-0.4, -0.2) is 24.0 Å². The van der Waals surface area contributed by atoms with Gasteiger partial charge >= 0.3 is 0 Å². The van der Waals surface area contributed by atoms with E-state index in [9.17, 15) is 14.0 Å². The zero-order valence-corrected chi connectivity index (χ0v) is 12.2.